The van der Waals surface area contributed by atoms with E-state index in [1.54, 1.807) is 0 Å². The van der Waals surface area contributed by atoms with Crippen LogP contribution in [-0.4, -0.2) is 18.7 Å². The number of benzene rings is 7. The number of ether oxygens (including phenoxy) is 7. The van der Waals surface area contributed by atoms with Crippen LogP contribution in [0.4, 0.5) is 0 Å². The van der Waals surface area contributed by atoms with Gasteiger partial charge < -0.3 is 33.2 Å². The van der Waals surface area contributed by atoms with Crippen molar-refractivity contribution in [3.8, 4) is 28.7 Å². The zero-order valence-electron chi connectivity index (χ0n) is 34.8. The van der Waals surface area contributed by atoms with E-state index in [4.69, 9.17) is 33.2 Å². The molecule has 0 saturated heterocycles. The minimum atomic E-state index is -0.709. The molecular formula is C54H50O8. The molecule has 8 rings (SSSR count). The van der Waals surface area contributed by atoms with Crippen LogP contribution >= 0.6 is 0 Å². The standard InChI is InChI=1S/C54H50O8/c1-2-56-51(55)33-46-52-49(60-37-42-24-14-6-15-25-42)31-45(57-34-39-18-8-3-9-19-39)32-50(52)62-53(54(46)61-38-43-26-16-7-17-27-43)44-28-29-47(58-35-40-20-10-4-11-21-40)48(30-44)59-36-41-22-12-5-13-23-41/h3-32,46,53-54H,2,33-38H2,1H3/t46-,53+,54-/m0/s1. The van der Waals surface area contributed by atoms with E-state index in [0.29, 0.717) is 54.1 Å². The quantitative estimate of drug-likeness (QED) is 0.0746. The average Bonchev–Trinajstić information content (AvgIpc) is 3.32. The highest BCUT2D eigenvalue weighted by atomic mass is 16.6. The second-order valence-corrected chi connectivity index (χ2v) is 15.1. The number of esters is 1. The van der Waals surface area contributed by atoms with Gasteiger partial charge in [0, 0.05) is 23.6 Å². The lowest BCUT2D eigenvalue weighted by Gasteiger charge is -2.40. The van der Waals surface area contributed by atoms with Crippen molar-refractivity contribution in [2.75, 3.05) is 6.61 Å². The maximum Gasteiger partial charge on any atom is 0.306 e. The van der Waals surface area contributed by atoms with Gasteiger partial charge in [-0.3, -0.25) is 4.79 Å². The minimum Gasteiger partial charge on any atom is -0.489 e. The van der Waals surface area contributed by atoms with Crippen LogP contribution in [0.3, 0.4) is 0 Å². The Morgan fingerprint density at radius 1 is 0.500 bits per heavy atom. The molecule has 1 aliphatic rings. The predicted octanol–water partition coefficient (Wildman–Crippen LogP) is 11.8. The Morgan fingerprint density at radius 2 is 0.968 bits per heavy atom. The summed E-state index contributed by atoms with van der Waals surface area (Å²) >= 11 is 0. The van der Waals surface area contributed by atoms with E-state index in [1.165, 1.54) is 0 Å². The molecule has 0 aromatic heterocycles. The van der Waals surface area contributed by atoms with Crippen LogP contribution in [0.2, 0.25) is 0 Å². The van der Waals surface area contributed by atoms with Gasteiger partial charge in [0.15, 0.2) is 17.6 Å². The molecule has 7 aromatic rings. The molecule has 1 aliphatic heterocycles. The first kappa shape index (κ1) is 41.7. The SMILES string of the molecule is CCOC(=O)C[C@H]1c2c(OCc3ccccc3)cc(OCc3ccccc3)cc2O[C@H](c2ccc(OCc3ccccc3)c(OCc3ccccc3)c2)[C@H]1OCc1ccccc1. The van der Waals surface area contributed by atoms with Gasteiger partial charge in [-0.2, -0.15) is 0 Å². The molecule has 0 amide bonds. The topological polar surface area (TPSA) is 81.7 Å². The maximum absolute atomic E-state index is 13.7. The van der Waals surface area contributed by atoms with Crippen molar-refractivity contribution in [3.05, 3.63) is 221 Å². The fourth-order valence-electron chi connectivity index (χ4n) is 7.55. The number of carbonyl (C=O) groups excluding carboxylic acids is 1. The van der Waals surface area contributed by atoms with Crippen LogP contribution in [0.5, 0.6) is 28.7 Å². The van der Waals surface area contributed by atoms with Gasteiger partial charge in [0.05, 0.1) is 19.6 Å². The van der Waals surface area contributed by atoms with Crippen LogP contribution in [0, 0.1) is 0 Å². The van der Waals surface area contributed by atoms with Crippen LogP contribution in [-0.2, 0) is 47.3 Å². The summed E-state index contributed by atoms with van der Waals surface area (Å²) in [4.78, 5) is 13.7. The number of hydrogen-bond donors (Lipinski definition) is 0. The van der Waals surface area contributed by atoms with Crippen molar-refractivity contribution in [3.63, 3.8) is 0 Å². The van der Waals surface area contributed by atoms with Crippen LogP contribution in [0.15, 0.2) is 182 Å². The van der Waals surface area contributed by atoms with E-state index in [1.807, 2.05) is 189 Å². The Bertz CT molecular complexity index is 2460. The lowest BCUT2D eigenvalue weighted by molar-refractivity contribution is -0.146. The lowest BCUT2D eigenvalue weighted by atomic mass is 9.81. The van der Waals surface area contributed by atoms with Crippen LogP contribution in [0.1, 0.15) is 64.3 Å². The molecule has 0 unspecified atom stereocenters. The predicted molar refractivity (Wildman–Crippen MR) is 238 cm³/mol. The Labute approximate surface area is 363 Å². The average molecular weight is 827 g/mol. The lowest BCUT2D eigenvalue weighted by Crippen LogP contribution is -2.38. The Hall–Kier alpha value is -7.03. The van der Waals surface area contributed by atoms with Crippen molar-refractivity contribution >= 4 is 5.97 Å². The van der Waals surface area contributed by atoms with Gasteiger partial charge in [0.25, 0.3) is 0 Å². The molecule has 62 heavy (non-hydrogen) atoms. The van der Waals surface area contributed by atoms with E-state index in [9.17, 15) is 4.79 Å². The molecule has 0 saturated carbocycles. The third kappa shape index (κ3) is 11.0. The molecule has 1 heterocycles. The zero-order chi connectivity index (χ0) is 42.4. The van der Waals surface area contributed by atoms with E-state index >= 15 is 0 Å². The van der Waals surface area contributed by atoms with Crippen molar-refractivity contribution in [1.29, 1.82) is 0 Å². The smallest absolute Gasteiger partial charge is 0.306 e. The Kier molecular flexibility index (Phi) is 14.1. The number of carbonyl (C=O) groups is 1. The molecule has 0 spiro atoms. The van der Waals surface area contributed by atoms with Crippen molar-refractivity contribution in [2.45, 2.75) is 64.5 Å². The van der Waals surface area contributed by atoms with Crippen molar-refractivity contribution in [2.24, 2.45) is 0 Å². The zero-order valence-corrected chi connectivity index (χ0v) is 34.8. The molecular weight excluding hydrogens is 777 g/mol. The summed E-state index contributed by atoms with van der Waals surface area (Å²) < 4.78 is 45.8. The van der Waals surface area contributed by atoms with E-state index < -0.39 is 18.1 Å². The van der Waals surface area contributed by atoms with Crippen molar-refractivity contribution < 1.29 is 38.0 Å². The summed E-state index contributed by atoms with van der Waals surface area (Å²) in [5.41, 5.74) is 6.52. The summed E-state index contributed by atoms with van der Waals surface area (Å²) in [6.07, 6.45) is -1.37. The molecule has 0 N–H and O–H groups in total. The van der Waals surface area contributed by atoms with Gasteiger partial charge in [-0.25, -0.2) is 0 Å². The Balaban J connectivity index is 1.22. The second kappa shape index (κ2) is 21.0. The fraction of sp³-hybridized carbons (Fsp3) is 0.204. The highest BCUT2D eigenvalue weighted by Crippen LogP contribution is 2.52. The summed E-state index contributed by atoms with van der Waals surface area (Å²) in [5, 5.41) is 0. The van der Waals surface area contributed by atoms with Gasteiger partial charge >= 0.3 is 5.97 Å². The summed E-state index contributed by atoms with van der Waals surface area (Å²) in [6, 6.07) is 59.6. The number of fused-ring (bicyclic) bond motifs is 1. The number of hydrogen-bond acceptors (Lipinski definition) is 8. The maximum atomic E-state index is 13.7. The van der Waals surface area contributed by atoms with Gasteiger partial charge in [-0.1, -0.05) is 158 Å². The molecule has 0 bridgehead atoms. The second-order valence-electron chi connectivity index (χ2n) is 15.1. The molecule has 3 atom stereocenters. The molecule has 0 radical (unpaired) electrons. The number of rotatable bonds is 19. The molecule has 314 valence electrons. The third-order valence-electron chi connectivity index (χ3n) is 10.6. The molecule has 8 nitrogen and oxygen atoms in total. The highest BCUT2D eigenvalue weighted by molar-refractivity contribution is 5.72. The van der Waals surface area contributed by atoms with Gasteiger partial charge in [-0.15, -0.1) is 0 Å². The molecule has 0 aliphatic carbocycles. The summed E-state index contributed by atoms with van der Waals surface area (Å²) in [5.74, 6) is 1.84. The normalized spacial score (nSPS) is 15.4. The monoisotopic (exact) mass is 826 g/mol. The van der Waals surface area contributed by atoms with Gasteiger partial charge in [0.1, 0.15) is 49.8 Å². The first-order valence-corrected chi connectivity index (χ1v) is 21.1. The van der Waals surface area contributed by atoms with E-state index in [2.05, 4.69) is 0 Å². The molecule has 8 heteroatoms. The largest absolute Gasteiger partial charge is 0.489 e. The van der Waals surface area contributed by atoms with Gasteiger partial charge in [0.2, 0.25) is 0 Å². The van der Waals surface area contributed by atoms with E-state index in [0.717, 1.165) is 33.4 Å². The molecule has 7 aromatic carbocycles. The third-order valence-corrected chi connectivity index (χ3v) is 10.6. The summed E-state index contributed by atoms with van der Waals surface area (Å²) in [7, 11) is 0. The fourth-order valence-corrected chi connectivity index (χ4v) is 7.55. The molecule has 0 fully saturated rings. The highest BCUT2D eigenvalue weighted by Gasteiger charge is 2.44. The van der Waals surface area contributed by atoms with Gasteiger partial charge in [-0.05, 0) is 52.4 Å². The summed E-state index contributed by atoms with van der Waals surface area (Å²) in [6.45, 7) is 3.63. The van der Waals surface area contributed by atoms with E-state index in [-0.39, 0.29) is 32.2 Å². The minimum absolute atomic E-state index is 0.0156. The van der Waals surface area contributed by atoms with Crippen LogP contribution < -0.4 is 23.7 Å². The first-order chi connectivity index (χ1) is 30.6. The van der Waals surface area contributed by atoms with Crippen LogP contribution in [0.25, 0.3) is 0 Å². The van der Waals surface area contributed by atoms with Crippen molar-refractivity contribution in [1.82, 2.24) is 0 Å². The first-order valence-electron chi connectivity index (χ1n) is 21.1. The Morgan fingerprint density at radius 3 is 1.48 bits per heavy atom.